The van der Waals surface area contributed by atoms with E-state index in [2.05, 4.69) is 36.8 Å². The van der Waals surface area contributed by atoms with E-state index in [9.17, 15) is 5.11 Å². The quantitative estimate of drug-likeness (QED) is 0.496. The predicted octanol–water partition coefficient (Wildman–Crippen LogP) is 1.85. The molecule has 0 bridgehead atoms. The molecule has 0 aliphatic carbocycles. The first-order valence-electron chi connectivity index (χ1n) is 9.25. The summed E-state index contributed by atoms with van der Waals surface area (Å²) in [4.78, 5) is 20.9. The molecule has 3 heterocycles. The van der Waals surface area contributed by atoms with Crippen LogP contribution in [0.3, 0.4) is 0 Å². The van der Waals surface area contributed by atoms with Crippen molar-refractivity contribution in [3.05, 3.63) is 60.3 Å². The molecule has 3 aromatic heterocycles. The maximum Gasteiger partial charge on any atom is 0.303 e. The second-order valence-electron chi connectivity index (χ2n) is 6.53. The summed E-state index contributed by atoms with van der Waals surface area (Å²) in [6, 6.07) is 9.28. The Kier molecular flexibility index (Phi) is 5.00. The zero-order valence-corrected chi connectivity index (χ0v) is 16.4. The zero-order chi connectivity index (χ0) is 21.1. The largest absolute Gasteiger partial charge is 0.465 e. The number of nitrogen functional groups attached to an aromatic ring is 1. The molecular weight excluding hydrogens is 382 g/mol. The Morgan fingerprint density at radius 3 is 2.67 bits per heavy atom. The van der Waals surface area contributed by atoms with Crippen LogP contribution in [0.1, 0.15) is 25.2 Å². The Bertz CT molecular complexity index is 1260. The number of rotatable bonds is 4. The van der Waals surface area contributed by atoms with Gasteiger partial charge in [-0.25, -0.2) is 19.5 Å². The van der Waals surface area contributed by atoms with Crippen LogP contribution in [0.2, 0.25) is 0 Å². The molecule has 150 valence electrons. The molecular formula is C21H19N7O2. The summed E-state index contributed by atoms with van der Waals surface area (Å²) in [6.07, 6.45) is 4.69. The van der Waals surface area contributed by atoms with Gasteiger partial charge in [0.2, 0.25) is 5.95 Å². The third kappa shape index (κ3) is 3.76. The highest BCUT2D eigenvalue weighted by Crippen LogP contribution is 2.26. The number of aliphatic hydroxyl groups is 1. The van der Waals surface area contributed by atoms with Crippen LogP contribution in [-0.4, -0.2) is 41.2 Å². The SMILES string of the molecule is CCOc1nc2ccc(C#CC(C)(O)c3ncccn3)cc2n1-c1ccnc(N)n1. The van der Waals surface area contributed by atoms with Gasteiger partial charge in [0.25, 0.3) is 0 Å². The lowest BCUT2D eigenvalue weighted by atomic mass is 10.1. The van der Waals surface area contributed by atoms with Gasteiger partial charge in [-0.3, -0.25) is 0 Å². The molecule has 3 N–H and O–H groups in total. The number of hydrogen-bond acceptors (Lipinski definition) is 8. The fourth-order valence-corrected chi connectivity index (χ4v) is 2.87. The van der Waals surface area contributed by atoms with E-state index in [-0.39, 0.29) is 11.8 Å². The minimum absolute atomic E-state index is 0.145. The van der Waals surface area contributed by atoms with E-state index >= 15 is 0 Å². The Morgan fingerprint density at radius 1 is 1.13 bits per heavy atom. The third-order valence-corrected chi connectivity index (χ3v) is 4.24. The van der Waals surface area contributed by atoms with Crippen LogP contribution in [0.4, 0.5) is 5.95 Å². The summed E-state index contributed by atoms with van der Waals surface area (Å²) in [5.41, 5.74) is 6.38. The fraction of sp³-hybridized carbons (Fsp3) is 0.190. The number of anilines is 1. The summed E-state index contributed by atoms with van der Waals surface area (Å²) in [7, 11) is 0. The van der Waals surface area contributed by atoms with Crippen LogP contribution in [0, 0.1) is 11.8 Å². The highest BCUT2D eigenvalue weighted by molar-refractivity contribution is 5.80. The lowest BCUT2D eigenvalue weighted by molar-refractivity contribution is 0.112. The van der Waals surface area contributed by atoms with Crippen LogP contribution < -0.4 is 10.5 Å². The summed E-state index contributed by atoms with van der Waals surface area (Å²) >= 11 is 0. The van der Waals surface area contributed by atoms with Crippen LogP contribution in [0.25, 0.3) is 16.9 Å². The van der Waals surface area contributed by atoms with Gasteiger partial charge in [0.1, 0.15) is 5.82 Å². The summed E-state index contributed by atoms with van der Waals surface area (Å²) in [5, 5.41) is 10.6. The van der Waals surface area contributed by atoms with Gasteiger partial charge in [-0.2, -0.15) is 9.97 Å². The van der Waals surface area contributed by atoms with E-state index in [1.165, 1.54) is 0 Å². The number of ether oxygens (including phenoxy) is 1. The number of nitrogens with two attached hydrogens (primary N) is 1. The first-order chi connectivity index (χ1) is 14.5. The molecule has 0 aliphatic heterocycles. The van der Waals surface area contributed by atoms with Crippen molar-refractivity contribution in [1.82, 2.24) is 29.5 Å². The molecule has 1 atom stereocenters. The molecule has 0 fully saturated rings. The van der Waals surface area contributed by atoms with Crippen LogP contribution in [0.15, 0.2) is 48.9 Å². The molecule has 9 nitrogen and oxygen atoms in total. The molecule has 0 aliphatic rings. The molecule has 0 saturated heterocycles. The van der Waals surface area contributed by atoms with Crippen molar-refractivity contribution in [3.8, 4) is 23.7 Å². The van der Waals surface area contributed by atoms with Gasteiger partial charge >= 0.3 is 6.01 Å². The number of nitrogens with zero attached hydrogens (tertiary/aromatic N) is 6. The van der Waals surface area contributed by atoms with Crippen molar-refractivity contribution >= 4 is 17.0 Å². The number of hydrogen-bond donors (Lipinski definition) is 2. The predicted molar refractivity (Wildman–Crippen MR) is 111 cm³/mol. The summed E-state index contributed by atoms with van der Waals surface area (Å²) in [6.45, 7) is 3.87. The lowest BCUT2D eigenvalue weighted by Gasteiger charge is -2.13. The second kappa shape index (κ2) is 7.77. The number of aromatic nitrogens is 6. The van der Waals surface area contributed by atoms with Crippen molar-refractivity contribution in [3.63, 3.8) is 0 Å². The first kappa shape index (κ1) is 19.3. The van der Waals surface area contributed by atoms with E-state index in [0.717, 1.165) is 5.52 Å². The van der Waals surface area contributed by atoms with Gasteiger partial charge < -0.3 is 15.6 Å². The van der Waals surface area contributed by atoms with Gasteiger partial charge in [-0.05, 0) is 38.1 Å². The van der Waals surface area contributed by atoms with Crippen molar-refractivity contribution in [2.45, 2.75) is 19.4 Å². The second-order valence-corrected chi connectivity index (χ2v) is 6.53. The molecule has 9 heteroatoms. The molecule has 1 unspecified atom stereocenters. The number of benzene rings is 1. The molecule has 0 radical (unpaired) electrons. The minimum Gasteiger partial charge on any atom is -0.465 e. The topological polar surface area (TPSA) is 125 Å². The van der Waals surface area contributed by atoms with Crippen molar-refractivity contribution in [2.75, 3.05) is 12.3 Å². The maximum absolute atomic E-state index is 10.6. The van der Waals surface area contributed by atoms with Gasteiger partial charge in [-0.15, -0.1) is 0 Å². The van der Waals surface area contributed by atoms with Crippen LogP contribution in [-0.2, 0) is 5.60 Å². The molecule has 1 aromatic carbocycles. The number of imidazole rings is 1. The third-order valence-electron chi connectivity index (χ3n) is 4.24. The Morgan fingerprint density at radius 2 is 1.93 bits per heavy atom. The maximum atomic E-state index is 10.6. The average molecular weight is 401 g/mol. The smallest absolute Gasteiger partial charge is 0.303 e. The van der Waals surface area contributed by atoms with E-state index in [1.807, 2.05) is 25.1 Å². The van der Waals surface area contributed by atoms with E-state index in [4.69, 9.17) is 10.5 Å². The normalized spacial score (nSPS) is 12.8. The molecule has 0 amide bonds. The van der Waals surface area contributed by atoms with Gasteiger partial charge in [0, 0.05) is 30.2 Å². The molecule has 4 aromatic rings. The number of fused-ring (bicyclic) bond motifs is 1. The summed E-state index contributed by atoms with van der Waals surface area (Å²) < 4.78 is 7.44. The van der Waals surface area contributed by atoms with Crippen molar-refractivity contribution < 1.29 is 9.84 Å². The van der Waals surface area contributed by atoms with Crippen molar-refractivity contribution in [1.29, 1.82) is 0 Å². The highest BCUT2D eigenvalue weighted by atomic mass is 16.5. The van der Waals surface area contributed by atoms with Crippen molar-refractivity contribution in [2.24, 2.45) is 0 Å². The van der Waals surface area contributed by atoms with Crippen LogP contribution in [0.5, 0.6) is 6.01 Å². The fourth-order valence-electron chi connectivity index (χ4n) is 2.87. The highest BCUT2D eigenvalue weighted by Gasteiger charge is 2.23. The molecule has 30 heavy (non-hydrogen) atoms. The standard InChI is InChI=1S/C21H19N7O2/c1-3-30-20-26-15-6-5-14(7-9-21(2,29)18-23-10-4-11-24-18)13-16(15)28(20)17-8-12-25-19(22)27-17/h4-6,8,10-13,29H,3H2,1-2H3,(H2,22,25,27). The lowest BCUT2D eigenvalue weighted by Crippen LogP contribution is -2.21. The molecule has 4 rings (SSSR count). The Balaban J connectivity index is 1.81. The summed E-state index contributed by atoms with van der Waals surface area (Å²) in [5.74, 6) is 6.73. The van der Waals surface area contributed by atoms with E-state index in [1.54, 1.807) is 42.2 Å². The van der Waals surface area contributed by atoms with Gasteiger partial charge in [0.05, 0.1) is 17.6 Å². The Hall–Kier alpha value is -4.03. The van der Waals surface area contributed by atoms with Gasteiger partial charge in [0.15, 0.2) is 11.4 Å². The van der Waals surface area contributed by atoms with E-state index < -0.39 is 5.60 Å². The molecule has 0 saturated carbocycles. The minimum atomic E-state index is -1.49. The monoisotopic (exact) mass is 401 g/mol. The van der Waals surface area contributed by atoms with E-state index in [0.29, 0.717) is 29.5 Å². The zero-order valence-electron chi connectivity index (χ0n) is 16.4. The Labute approximate surface area is 172 Å². The first-order valence-corrected chi connectivity index (χ1v) is 9.25. The molecule has 0 spiro atoms. The van der Waals surface area contributed by atoms with Crippen LogP contribution >= 0.6 is 0 Å². The van der Waals surface area contributed by atoms with Gasteiger partial charge in [-0.1, -0.05) is 11.8 Å². The average Bonchev–Trinajstić information content (AvgIpc) is 3.10.